The fourth-order valence-corrected chi connectivity index (χ4v) is 1.23. The van der Waals surface area contributed by atoms with Crippen LogP contribution in [-0.4, -0.2) is 11.6 Å². The fraction of sp³-hybridized carbons (Fsp3) is 0.375. The first-order valence-electron chi connectivity index (χ1n) is 3.50. The molecule has 1 aromatic rings. The van der Waals surface area contributed by atoms with Crippen LogP contribution in [0.1, 0.15) is 12.5 Å². The van der Waals surface area contributed by atoms with E-state index in [9.17, 15) is 0 Å². The average molecular weight is 263 g/mol. The van der Waals surface area contributed by atoms with Crippen LogP contribution in [0.3, 0.4) is 0 Å². The standard InChI is InChI=1S/C8H10INO/c1-2-11-8-5-7(6-9)3-4-10-8/h3-5H,2,6H2,1H3. The summed E-state index contributed by atoms with van der Waals surface area (Å²) in [6, 6.07) is 3.96. The minimum atomic E-state index is 0.678. The molecule has 3 heteroatoms. The lowest BCUT2D eigenvalue weighted by Crippen LogP contribution is -1.94. The van der Waals surface area contributed by atoms with E-state index < -0.39 is 0 Å². The van der Waals surface area contributed by atoms with Gasteiger partial charge in [-0.3, -0.25) is 0 Å². The summed E-state index contributed by atoms with van der Waals surface area (Å²) in [6.07, 6.45) is 1.78. The number of nitrogens with zero attached hydrogens (tertiary/aromatic N) is 1. The predicted molar refractivity (Wildman–Crippen MR) is 53.1 cm³/mol. The Labute approximate surface area is 80.1 Å². The maximum absolute atomic E-state index is 5.23. The summed E-state index contributed by atoms with van der Waals surface area (Å²) in [5.74, 6) is 0.724. The molecule has 0 saturated heterocycles. The van der Waals surface area contributed by atoms with E-state index in [1.807, 2.05) is 19.1 Å². The SMILES string of the molecule is CCOc1cc(CI)ccn1. The van der Waals surface area contributed by atoms with Crippen molar-refractivity contribution in [2.24, 2.45) is 0 Å². The van der Waals surface area contributed by atoms with E-state index in [0.717, 1.165) is 10.3 Å². The molecule has 60 valence electrons. The number of pyridine rings is 1. The van der Waals surface area contributed by atoms with Gasteiger partial charge in [0.15, 0.2) is 0 Å². The molecule has 0 spiro atoms. The van der Waals surface area contributed by atoms with E-state index in [2.05, 4.69) is 27.6 Å². The molecule has 0 N–H and O–H groups in total. The van der Waals surface area contributed by atoms with Crippen LogP contribution in [0.5, 0.6) is 5.88 Å². The largest absolute Gasteiger partial charge is 0.478 e. The zero-order valence-electron chi connectivity index (χ0n) is 6.38. The number of ether oxygens (including phenoxy) is 1. The zero-order chi connectivity index (χ0) is 8.10. The summed E-state index contributed by atoms with van der Waals surface area (Å²) in [7, 11) is 0. The van der Waals surface area contributed by atoms with Crippen LogP contribution in [0.15, 0.2) is 18.3 Å². The molecule has 11 heavy (non-hydrogen) atoms. The molecule has 0 bridgehead atoms. The summed E-state index contributed by atoms with van der Waals surface area (Å²) in [5, 5.41) is 0. The molecular formula is C8H10INO. The van der Waals surface area contributed by atoms with Gasteiger partial charge in [-0.2, -0.15) is 0 Å². The Morgan fingerprint density at radius 3 is 3.09 bits per heavy atom. The molecule has 0 radical (unpaired) electrons. The van der Waals surface area contributed by atoms with E-state index in [0.29, 0.717) is 6.61 Å². The van der Waals surface area contributed by atoms with Gasteiger partial charge in [0.05, 0.1) is 6.61 Å². The topological polar surface area (TPSA) is 22.1 Å². The monoisotopic (exact) mass is 263 g/mol. The molecule has 0 atom stereocenters. The molecule has 0 aliphatic carbocycles. The molecule has 1 rings (SSSR count). The van der Waals surface area contributed by atoms with Crippen LogP contribution in [-0.2, 0) is 4.43 Å². The van der Waals surface area contributed by atoms with Gasteiger partial charge in [-0.15, -0.1) is 0 Å². The Morgan fingerprint density at radius 1 is 1.64 bits per heavy atom. The molecule has 1 heterocycles. The summed E-state index contributed by atoms with van der Waals surface area (Å²) >= 11 is 2.32. The number of halogens is 1. The third-order valence-electron chi connectivity index (χ3n) is 1.25. The lowest BCUT2D eigenvalue weighted by atomic mass is 10.3. The number of aromatic nitrogens is 1. The van der Waals surface area contributed by atoms with Gasteiger partial charge < -0.3 is 4.74 Å². The number of rotatable bonds is 3. The van der Waals surface area contributed by atoms with Gasteiger partial charge in [0, 0.05) is 16.7 Å². The molecule has 0 aliphatic heterocycles. The first-order chi connectivity index (χ1) is 5.36. The van der Waals surface area contributed by atoms with Crippen molar-refractivity contribution in [1.29, 1.82) is 0 Å². The zero-order valence-corrected chi connectivity index (χ0v) is 8.54. The minimum Gasteiger partial charge on any atom is -0.478 e. The van der Waals surface area contributed by atoms with Crippen LogP contribution in [0, 0.1) is 0 Å². The third-order valence-corrected chi connectivity index (χ3v) is 2.13. The Balaban J connectivity index is 2.74. The molecular weight excluding hydrogens is 253 g/mol. The minimum absolute atomic E-state index is 0.678. The van der Waals surface area contributed by atoms with Gasteiger partial charge in [0.25, 0.3) is 0 Å². The van der Waals surface area contributed by atoms with Crippen LogP contribution >= 0.6 is 22.6 Å². The van der Waals surface area contributed by atoms with Crippen molar-refractivity contribution in [3.8, 4) is 5.88 Å². The second kappa shape index (κ2) is 4.54. The van der Waals surface area contributed by atoms with Crippen molar-refractivity contribution < 1.29 is 4.74 Å². The Bertz CT molecular complexity index is 227. The van der Waals surface area contributed by atoms with Gasteiger partial charge in [0.1, 0.15) is 0 Å². The highest BCUT2D eigenvalue weighted by Crippen LogP contribution is 2.11. The third kappa shape index (κ3) is 2.65. The van der Waals surface area contributed by atoms with Crippen molar-refractivity contribution in [1.82, 2.24) is 4.98 Å². The van der Waals surface area contributed by atoms with Crippen LogP contribution < -0.4 is 4.74 Å². The van der Waals surface area contributed by atoms with E-state index in [4.69, 9.17) is 4.74 Å². The van der Waals surface area contributed by atoms with Crippen LogP contribution in [0.2, 0.25) is 0 Å². The molecule has 0 unspecified atom stereocenters. The highest BCUT2D eigenvalue weighted by Gasteiger charge is 1.94. The quantitative estimate of drug-likeness (QED) is 0.617. The van der Waals surface area contributed by atoms with Gasteiger partial charge in [-0.25, -0.2) is 4.98 Å². The first kappa shape index (κ1) is 8.77. The van der Waals surface area contributed by atoms with Crippen molar-refractivity contribution in [3.63, 3.8) is 0 Å². The van der Waals surface area contributed by atoms with E-state index in [-0.39, 0.29) is 0 Å². The number of hydrogen-bond donors (Lipinski definition) is 0. The predicted octanol–water partition coefficient (Wildman–Crippen LogP) is 2.42. The molecule has 1 aromatic heterocycles. The summed E-state index contributed by atoms with van der Waals surface area (Å²) < 4.78 is 6.23. The van der Waals surface area contributed by atoms with E-state index >= 15 is 0 Å². The molecule has 0 aromatic carbocycles. The van der Waals surface area contributed by atoms with Gasteiger partial charge in [-0.05, 0) is 18.6 Å². The van der Waals surface area contributed by atoms with E-state index in [1.165, 1.54) is 5.56 Å². The van der Waals surface area contributed by atoms with E-state index in [1.54, 1.807) is 6.20 Å². The number of hydrogen-bond acceptors (Lipinski definition) is 2. The van der Waals surface area contributed by atoms with Crippen LogP contribution in [0.25, 0.3) is 0 Å². The molecule has 0 amide bonds. The Hall–Kier alpha value is -0.320. The average Bonchev–Trinajstić information content (AvgIpc) is 2.06. The second-order valence-corrected chi connectivity index (χ2v) is 2.83. The summed E-state index contributed by atoms with van der Waals surface area (Å²) in [5.41, 5.74) is 1.25. The lowest BCUT2D eigenvalue weighted by molar-refractivity contribution is 0.326. The second-order valence-electron chi connectivity index (χ2n) is 2.07. The maximum atomic E-state index is 5.23. The Kier molecular flexibility index (Phi) is 3.62. The summed E-state index contributed by atoms with van der Waals surface area (Å²) in [4.78, 5) is 4.05. The number of alkyl halides is 1. The van der Waals surface area contributed by atoms with Gasteiger partial charge in [-0.1, -0.05) is 22.6 Å². The van der Waals surface area contributed by atoms with Crippen LogP contribution in [0.4, 0.5) is 0 Å². The molecule has 0 aliphatic rings. The summed E-state index contributed by atoms with van der Waals surface area (Å²) in [6.45, 7) is 2.64. The smallest absolute Gasteiger partial charge is 0.213 e. The highest BCUT2D eigenvalue weighted by molar-refractivity contribution is 14.1. The fourth-order valence-electron chi connectivity index (χ4n) is 0.760. The van der Waals surface area contributed by atoms with Gasteiger partial charge >= 0.3 is 0 Å². The highest BCUT2D eigenvalue weighted by atomic mass is 127. The van der Waals surface area contributed by atoms with Crippen molar-refractivity contribution >= 4 is 22.6 Å². The Morgan fingerprint density at radius 2 is 2.45 bits per heavy atom. The normalized spacial score (nSPS) is 9.64. The van der Waals surface area contributed by atoms with Gasteiger partial charge in [0.2, 0.25) is 5.88 Å². The van der Waals surface area contributed by atoms with Crippen molar-refractivity contribution in [2.45, 2.75) is 11.4 Å². The lowest BCUT2D eigenvalue weighted by Gasteiger charge is -2.01. The molecule has 0 saturated carbocycles. The maximum Gasteiger partial charge on any atom is 0.213 e. The van der Waals surface area contributed by atoms with Crippen molar-refractivity contribution in [3.05, 3.63) is 23.9 Å². The molecule has 2 nitrogen and oxygen atoms in total. The first-order valence-corrected chi connectivity index (χ1v) is 5.03. The van der Waals surface area contributed by atoms with Crippen molar-refractivity contribution in [2.75, 3.05) is 6.61 Å². The molecule has 0 fully saturated rings.